The Morgan fingerprint density at radius 3 is 2.48 bits per heavy atom. The minimum Gasteiger partial charge on any atom is -0.388 e. The third-order valence-electron chi connectivity index (χ3n) is 3.88. The molecule has 0 amide bonds. The van der Waals surface area contributed by atoms with E-state index in [-0.39, 0.29) is 17.1 Å². The van der Waals surface area contributed by atoms with E-state index in [0.29, 0.717) is 5.56 Å². The predicted octanol–water partition coefficient (Wildman–Crippen LogP) is 3.87. The molecule has 0 saturated heterocycles. The Hall–Kier alpha value is -1.42. The van der Waals surface area contributed by atoms with Crippen molar-refractivity contribution >= 4 is 11.6 Å². The highest BCUT2D eigenvalue weighted by atomic mass is 35.5. The third kappa shape index (κ3) is 3.26. The van der Waals surface area contributed by atoms with Crippen molar-refractivity contribution in [3.05, 3.63) is 69.5 Å². The second-order valence-corrected chi connectivity index (χ2v) is 5.67. The highest BCUT2D eigenvalue weighted by Crippen LogP contribution is 2.36. The quantitative estimate of drug-likeness (QED) is 0.900. The fourth-order valence-electron chi connectivity index (χ4n) is 2.45. The number of aryl methyl sites for hydroxylation is 2. The molecular weight excluding hydrogens is 289 g/mol. The van der Waals surface area contributed by atoms with Gasteiger partial charge in [0.2, 0.25) is 0 Å². The number of aliphatic hydroxyl groups is 1. The van der Waals surface area contributed by atoms with Gasteiger partial charge in [0.15, 0.2) is 0 Å². The summed E-state index contributed by atoms with van der Waals surface area (Å²) in [5.74, 6) is -1.03. The average molecular weight is 308 g/mol. The molecule has 3 N–H and O–H groups in total. The maximum Gasteiger partial charge on any atom is 0.128 e. The summed E-state index contributed by atoms with van der Waals surface area (Å²) in [7, 11) is 0. The molecule has 0 heterocycles. The van der Waals surface area contributed by atoms with Gasteiger partial charge in [-0.05, 0) is 42.7 Å². The number of halogens is 2. The van der Waals surface area contributed by atoms with Crippen LogP contribution in [0, 0.1) is 19.7 Å². The first-order valence-corrected chi connectivity index (χ1v) is 7.22. The van der Waals surface area contributed by atoms with Crippen molar-refractivity contribution in [3.63, 3.8) is 0 Å². The summed E-state index contributed by atoms with van der Waals surface area (Å²) in [5.41, 5.74) is 8.96. The van der Waals surface area contributed by atoms with Gasteiger partial charge < -0.3 is 10.8 Å². The van der Waals surface area contributed by atoms with Gasteiger partial charge in [-0.2, -0.15) is 0 Å². The van der Waals surface area contributed by atoms with E-state index < -0.39 is 17.8 Å². The van der Waals surface area contributed by atoms with Gasteiger partial charge in [0, 0.05) is 23.0 Å². The summed E-state index contributed by atoms with van der Waals surface area (Å²) in [6.07, 6.45) is -0.899. The molecule has 4 heteroatoms. The molecule has 2 aromatic carbocycles. The van der Waals surface area contributed by atoms with Crippen LogP contribution in [0.3, 0.4) is 0 Å². The zero-order valence-corrected chi connectivity index (χ0v) is 12.9. The van der Waals surface area contributed by atoms with Crippen LogP contribution in [-0.4, -0.2) is 11.7 Å². The minimum absolute atomic E-state index is 0.106. The largest absolute Gasteiger partial charge is 0.388 e. The average Bonchev–Trinajstić information content (AvgIpc) is 2.45. The predicted molar refractivity (Wildman–Crippen MR) is 84.1 cm³/mol. The molecule has 2 nitrogen and oxygen atoms in total. The number of aliphatic hydroxyl groups excluding tert-OH is 1. The van der Waals surface area contributed by atoms with Crippen molar-refractivity contribution in [2.45, 2.75) is 25.9 Å². The summed E-state index contributed by atoms with van der Waals surface area (Å²) >= 11 is 6.08. The molecule has 2 rings (SSSR count). The normalized spacial score (nSPS) is 14.0. The maximum absolute atomic E-state index is 14.1. The van der Waals surface area contributed by atoms with E-state index in [2.05, 4.69) is 0 Å². The van der Waals surface area contributed by atoms with Gasteiger partial charge in [0.1, 0.15) is 5.82 Å². The summed E-state index contributed by atoms with van der Waals surface area (Å²) in [4.78, 5) is 0. The number of hydrogen-bond donors (Lipinski definition) is 2. The van der Waals surface area contributed by atoms with Gasteiger partial charge in [-0.3, -0.25) is 0 Å². The van der Waals surface area contributed by atoms with Crippen LogP contribution >= 0.6 is 11.6 Å². The molecule has 0 aromatic heterocycles. The van der Waals surface area contributed by atoms with Crippen LogP contribution in [0.25, 0.3) is 0 Å². The Balaban J connectivity index is 2.43. The Bertz CT molecular complexity index is 624. The summed E-state index contributed by atoms with van der Waals surface area (Å²) < 4.78 is 14.1. The standard InChI is InChI=1S/C17H19ClFNO/c1-10-6-7-12(8-11(10)2)17(21)13(9-20)16-14(18)4-3-5-15(16)19/h3-8,13,17,21H,9,20H2,1-2H3. The smallest absolute Gasteiger partial charge is 0.128 e. The molecule has 2 atom stereocenters. The van der Waals surface area contributed by atoms with Crippen molar-refractivity contribution in [3.8, 4) is 0 Å². The van der Waals surface area contributed by atoms with Crippen LogP contribution in [0.5, 0.6) is 0 Å². The first-order valence-electron chi connectivity index (χ1n) is 6.85. The summed E-state index contributed by atoms with van der Waals surface area (Å²) in [5, 5.41) is 10.9. The topological polar surface area (TPSA) is 46.2 Å². The molecule has 112 valence electrons. The van der Waals surface area contributed by atoms with Gasteiger partial charge in [-0.25, -0.2) is 4.39 Å². The summed E-state index contributed by atoms with van der Waals surface area (Å²) in [6, 6.07) is 10.1. The molecule has 2 unspecified atom stereocenters. The number of hydrogen-bond acceptors (Lipinski definition) is 2. The van der Waals surface area contributed by atoms with Crippen molar-refractivity contribution in [1.82, 2.24) is 0 Å². The molecule has 0 saturated carbocycles. The van der Waals surface area contributed by atoms with E-state index in [1.54, 1.807) is 6.07 Å². The van der Waals surface area contributed by atoms with Gasteiger partial charge in [-0.1, -0.05) is 35.9 Å². The molecule has 0 fully saturated rings. The maximum atomic E-state index is 14.1. The molecule has 0 aliphatic rings. The Labute approximate surface area is 129 Å². The zero-order chi connectivity index (χ0) is 15.6. The van der Waals surface area contributed by atoms with E-state index in [9.17, 15) is 9.50 Å². The second kappa shape index (κ2) is 6.56. The molecule has 0 bridgehead atoms. The lowest BCUT2D eigenvalue weighted by Crippen LogP contribution is -2.21. The van der Waals surface area contributed by atoms with Crippen molar-refractivity contribution in [2.75, 3.05) is 6.54 Å². The van der Waals surface area contributed by atoms with E-state index in [4.69, 9.17) is 17.3 Å². The van der Waals surface area contributed by atoms with E-state index >= 15 is 0 Å². The van der Waals surface area contributed by atoms with Crippen LogP contribution in [-0.2, 0) is 0 Å². The lowest BCUT2D eigenvalue weighted by Gasteiger charge is -2.24. The lowest BCUT2D eigenvalue weighted by atomic mass is 9.88. The van der Waals surface area contributed by atoms with Crippen LogP contribution in [0.15, 0.2) is 36.4 Å². The van der Waals surface area contributed by atoms with Gasteiger partial charge in [0.25, 0.3) is 0 Å². The fourth-order valence-corrected chi connectivity index (χ4v) is 2.75. The first kappa shape index (κ1) is 16.0. The van der Waals surface area contributed by atoms with Gasteiger partial charge in [-0.15, -0.1) is 0 Å². The van der Waals surface area contributed by atoms with Gasteiger partial charge >= 0.3 is 0 Å². The lowest BCUT2D eigenvalue weighted by molar-refractivity contribution is 0.145. The SMILES string of the molecule is Cc1ccc(C(O)C(CN)c2c(F)cccc2Cl)cc1C. The van der Waals surface area contributed by atoms with Crippen LogP contribution in [0.1, 0.15) is 34.3 Å². The van der Waals surface area contributed by atoms with Crippen molar-refractivity contribution in [2.24, 2.45) is 5.73 Å². The highest BCUT2D eigenvalue weighted by Gasteiger charge is 2.26. The Morgan fingerprint density at radius 2 is 1.90 bits per heavy atom. The van der Waals surface area contributed by atoms with E-state index in [0.717, 1.165) is 11.1 Å². The zero-order valence-electron chi connectivity index (χ0n) is 12.1. The van der Waals surface area contributed by atoms with Crippen LogP contribution in [0.2, 0.25) is 5.02 Å². The molecule has 2 aromatic rings. The number of benzene rings is 2. The first-order chi connectivity index (χ1) is 9.95. The molecule has 21 heavy (non-hydrogen) atoms. The Kier molecular flexibility index (Phi) is 4.99. The van der Waals surface area contributed by atoms with Crippen LogP contribution < -0.4 is 5.73 Å². The minimum atomic E-state index is -0.899. The monoisotopic (exact) mass is 307 g/mol. The van der Waals surface area contributed by atoms with E-state index in [1.165, 1.54) is 12.1 Å². The molecule has 0 aliphatic carbocycles. The Morgan fingerprint density at radius 1 is 1.19 bits per heavy atom. The van der Waals surface area contributed by atoms with Crippen LogP contribution in [0.4, 0.5) is 4.39 Å². The van der Waals surface area contributed by atoms with Crippen molar-refractivity contribution in [1.29, 1.82) is 0 Å². The fraction of sp³-hybridized carbons (Fsp3) is 0.294. The molecular formula is C17H19ClFNO. The molecule has 0 spiro atoms. The highest BCUT2D eigenvalue weighted by molar-refractivity contribution is 6.31. The third-order valence-corrected chi connectivity index (χ3v) is 4.21. The number of rotatable bonds is 4. The van der Waals surface area contributed by atoms with Gasteiger partial charge in [0.05, 0.1) is 6.10 Å². The molecule has 0 radical (unpaired) electrons. The molecule has 0 aliphatic heterocycles. The number of nitrogens with two attached hydrogens (primary N) is 1. The van der Waals surface area contributed by atoms with E-state index in [1.807, 2.05) is 32.0 Å². The second-order valence-electron chi connectivity index (χ2n) is 5.27. The van der Waals surface area contributed by atoms with Crippen molar-refractivity contribution < 1.29 is 9.50 Å². The summed E-state index contributed by atoms with van der Waals surface area (Å²) in [6.45, 7) is 4.08.